The van der Waals surface area contributed by atoms with Gasteiger partial charge in [-0.15, -0.1) is 0 Å². The van der Waals surface area contributed by atoms with Crippen LogP contribution in [0, 0.1) is 25.2 Å². The van der Waals surface area contributed by atoms with Crippen molar-refractivity contribution in [3.05, 3.63) is 68.0 Å². The zero-order valence-corrected chi connectivity index (χ0v) is 14.8. The maximum atomic E-state index is 12.7. The summed E-state index contributed by atoms with van der Waals surface area (Å²) in [4.78, 5) is -0.555. The highest BCUT2D eigenvalue weighted by molar-refractivity contribution is 7.95. The molecule has 0 N–H and O–H groups in total. The van der Waals surface area contributed by atoms with Crippen LogP contribution in [0.2, 0.25) is 10.0 Å². The second-order valence-corrected chi connectivity index (χ2v) is 7.79. The Morgan fingerprint density at radius 3 is 2.48 bits per heavy atom. The summed E-state index contributed by atoms with van der Waals surface area (Å²) in [6.07, 6.45) is 1.36. The molecule has 2 aromatic carbocycles. The van der Waals surface area contributed by atoms with E-state index in [1.165, 1.54) is 24.3 Å². The predicted octanol–water partition coefficient (Wildman–Crippen LogP) is 4.95. The molecule has 0 saturated carbocycles. The smallest absolute Gasteiger partial charge is 0.218 e. The van der Waals surface area contributed by atoms with E-state index in [4.69, 9.17) is 23.2 Å². The molecule has 118 valence electrons. The highest BCUT2D eigenvalue weighted by Gasteiger charge is 2.24. The number of nitriles is 1. The third kappa shape index (κ3) is 3.76. The van der Waals surface area contributed by atoms with E-state index in [0.717, 1.165) is 11.1 Å². The van der Waals surface area contributed by atoms with Crippen LogP contribution in [-0.4, -0.2) is 8.42 Å². The second-order valence-electron chi connectivity index (χ2n) is 5.06. The van der Waals surface area contributed by atoms with Crippen molar-refractivity contribution in [3.63, 3.8) is 0 Å². The van der Waals surface area contributed by atoms with E-state index in [1.807, 2.05) is 32.0 Å². The summed E-state index contributed by atoms with van der Waals surface area (Å²) in [5, 5.41) is 9.59. The average Bonchev–Trinajstić information content (AvgIpc) is 2.50. The van der Waals surface area contributed by atoms with E-state index < -0.39 is 9.84 Å². The Morgan fingerprint density at radius 1 is 1.13 bits per heavy atom. The molecule has 0 radical (unpaired) electrons. The van der Waals surface area contributed by atoms with Crippen LogP contribution in [0.4, 0.5) is 0 Å². The molecule has 0 aliphatic carbocycles. The van der Waals surface area contributed by atoms with Crippen molar-refractivity contribution >= 4 is 39.1 Å². The van der Waals surface area contributed by atoms with Gasteiger partial charge in [0.05, 0.1) is 9.92 Å². The molecule has 23 heavy (non-hydrogen) atoms. The lowest BCUT2D eigenvalue weighted by atomic mass is 10.1. The molecule has 0 aliphatic heterocycles. The second kappa shape index (κ2) is 6.76. The zero-order chi connectivity index (χ0) is 17.2. The Kier molecular flexibility index (Phi) is 5.16. The molecule has 3 nitrogen and oxygen atoms in total. The molecule has 2 rings (SSSR count). The lowest BCUT2D eigenvalue weighted by Gasteiger charge is -2.07. The molecule has 0 aliphatic rings. The first kappa shape index (κ1) is 17.6. The van der Waals surface area contributed by atoms with Crippen LogP contribution in [0.15, 0.2) is 46.2 Å². The van der Waals surface area contributed by atoms with Gasteiger partial charge in [-0.1, -0.05) is 47.0 Å². The zero-order valence-electron chi connectivity index (χ0n) is 12.5. The van der Waals surface area contributed by atoms with Gasteiger partial charge in [-0.25, -0.2) is 8.42 Å². The molecule has 0 bridgehead atoms. The third-order valence-electron chi connectivity index (χ3n) is 3.30. The maximum absolute atomic E-state index is 12.7. The maximum Gasteiger partial charge on any atom is 0.218 e. The first-order valence-corrected chi connectivity index (χ1v) is 8.89. The summed E-state index contributed by atoms with van der Waals surface area (Å²) < 4.78 is 25.4. The molecule has 0 heterocycles. The van der Waals surface area contributed by atoms with Gasteiger partial charge in [0.2, 0.25) is 9.84 Å². The van der Waals surface area contributed by atoms with Gasteiger partial charge in [-0.2, -0.15) is 5.26 Å². The van der Waals surface area contributed by atoms with Crippen LogP contribution in [0.5, 0.6) is 0 Å². The number of rotatable bonds is 3. The van der Waals surface area contributed by atoms with Gasteiger partial charge < -0.3 is 0 Å². The molecular weight excluding hydrogens is 353 g/mol. The number of benzene rings is 2. The Morgan fingerprint density at radius 2 is 1.83 bits per heavy atom. The highest BCUT2D eigenvalue weighted by atomic mass is 35.5. The number of sulfone groups is 1. The summed E-state index contributed by atoms with van der Waals surface area (Å²) in [6.45, 7) is 3.74. The first-order valence-electron chi connectivity index (χ1n) is 6.65. The summed E-state index contributed by atoms with van der Waals surface area (Å²) in [5.74, 6) is 0. The van der Waals surface area contributed by atoms with Crippen molar-refractivity contribution in [1.82, 2.24) is 0 Å². The molecule has 0 amide bonds. The quantitative estimate of drug-likeness (QED) is 0.723. The third-order valence-corrected chi connectivity index (χ3v) is 5.69. The van der Waals surface area contributed by atoms with Crippen LogP contribution in [0.3, 0.4) is 0 Å². The molecule has 2 aromatic rings. The van der Waals surface area contributed by atoms with Crippen LogP contribution >= 0.6 is 23.2 Å². The number of allylic oxidation sites excluding steroid dienone is 1. The Bertz CT molecular complexity index is 942. The number of aryl methyl sites for hydroxylation is 2. The van der Waals surface area contributed by atoms with Crippen LogP contribution in [0.1, 0.15) is 16.7 Å². The van der Waals surface area contributed by atoms with E-state index in [9.17, 15) is 13.7 Å². The summed E-state index contributed by atoms with van der Waals surface area (Å²) in [5.41, 5.74) is 2.51. The lowest BCUT2D eigenvalue weighted by Crippen LogP contribution is -2.04. The average molecular weight is 366 g/mol. The summed E-state index contributed by atoms with van der Waals surface area (Å²) >= 11 is 11.8. The minimum absolute atomic E-state index is 0.0246. The van der Waals surface area contributed by atoms with Crippen molar-refractivity contribution in [3.8, 4) is 6.07 Å². The topological polar surface area (TPSA) is 57.9 Å². The van der Waals surface area contributed by atoms with Gasteiger partial charge in [0.25, 0.3) is 0 Å². The van der Waals surface area contributed by atoms with E-state index in [-0.39, 0.29) is 19.8 Å². The van der Waals surface area contributed by atoms with Gasteiger partial charge in [0.1, 0.15) is 11.0 Å². The molecule has 0 atom stereocenters. The molecule has 0 unspecified atom stereocenters. The van der Waals surface area contributed by atoms with Crippen molar-refractivity contribution in [2.24, 2.45) is 0 Å². The largest absolute Gasteiger partial charge is 0.218 e. The lowest BCUT2D eigenvalue weighted by molar-refractivity contribution is 0.603. The molecule has 6 heteroatoms. The van der Waals surface area contributed by atoms with Crippen molar-refractivity contribution in [1.29, 1.82) is 5.26 Å². The van der Waals surface area contributed by atoms with Crippen LogP contribution in [0.25, 0.3) is 6.08 Å². The van der Waals surface area contributed by atoms with Crippen molar-refractivity contribution in [2.45, 2.75) is 18.7 Å². The number of hydrogen-bond donors (Lipinski definition) is 0. The number of hydrogen-bond acceptors (Lipinski definition) is 3. The Balaban J connectivity index is 2.65. The Labute approximate surface area is 145 Å². The van der Waals surface area contributed by atoms with Gasteiger partial charge in [0, 0.05) is 5.02 Å². The van der Waals surface area contributed by atoms with Crippen molar-refractivity contribution < 1.29 is 8.42 Å². The molecule has 0 saturated heterocycles. The van der Waals surface area contributed by atoms with Gasteiger partial charge in [-0.3, -0.25) is 0 Å². The fourth-order valence-corrected chi connectivity index (χ4v) is 3.93. The minimum Gasteiger partial charge on any atom is -0.218 e. The molecule has 0 aromatic heterocycles. The number of halogens is 2. The monoisotopic (exact) mass is 365 g/mol. The fraction of sp³-hybridized carbons (Fsp3) is 0.118. The molecule has 0 fully saturated rings. The van der Waals surface area contributed by atoms with E-state index >= 15 is 0 Å². The van der Waals surface area contributed by atoms with Gasteiger partial charge >= 0.3 is 0 Å². The number of nitrogens with zero attached hydrogens (tertiary/aromatic N) is 1. The standard InChI is InChI=1S/C17H13Cl2NO2S/c1-11-3-4-12(2)13(7-11)8-15(10-20)23(21,22)17-9-14(18)5-6-16(17)19/h3-9H,1-2H3/b15-8+. The van der Waals surface area contributed by atoms with E-state index in [1.54, 1.807) is 6.07 Å². The van der Waals surface area contributed by atoms with Crippen molar-refractivity contribution in [2.75, 3.05) is 0 Å². The SMILES string of the molecule is Cc1ccc(C)c(/C=C(\C#N)S(=O)(=O)c2cc(Cl)ccc2Cl)c1. The van der Waals surface area contributed by atoms with E-state index in [0.29, 0.717) is 5.56 Å². The molecule has 0 spiro atoms. The summed E-state index contributed by atoms with van der Waals surface area (Å²) in [7, 11) is -4.05. The molecular formula is C17H13Cl2NO2S. The van der Waals surface area contributed by atoms with Crippen LogP contribution in [-0.2, 0) is 9.84 Å². The fourth-order valence-electron chi connectivity index (χ4n) is 2.03. The van der Waals surface area contributed by atoms with Gasteiger partial charge in [-0.05, 0) is 49.2 Å². The van der Waals surface area contributed by atoms with Gasteiger partial charge in [0.15, 0.2) is 0 Å². The normalized spacial score (nSPS) is 12.0. The summed E-state index contributed by atoms with van der Waals surface area (Å²) in [6, 6.07) is 11.5. The van der Waals surface area contributed by atoms with Crippen LogP contribution < -0.4 is 0 Å². The predicted molar refractivity (Wildman–Crippen MR) is 93.2 cm³/mol. The Hall–Kier alpha value is -1.80. The first-order chi connectivity index (χ1) is 10.8. The minimum atomic E-state index is -4.05. The van der Waals surface area contributed by atoms with E-state index in [2.05, 4.69) is 0 Å². The highest BCUT2D eigenvalue weighted by Crippen LogP contribution is 2.30.